The van der Waals surface area contributed by atoms with Crippen LogP contribution >= 0.6 is 11.3 Å². The molecule has 4 heteroatoms. The number of para-hydroxylation sites is 1. The lowest BCUT2D eigenvalue weighted by Crippen LogP contribution is -2.32. The number of hydrogen-bond donors (Lipinski definition) is 1. The molecular weight excluding hydrogens is 278 g/mol. The van der Waals surface area contributed by atoms with Crippen molar-refractivity contribution in [3.63, 3.8) is 0 Å². The Bertz CT molecular complexity index is 527. The van der Waals surface area contributed by atoms with Gasteiger partial charge < -0.3 is 10.2 Å². The molecule has 1 aromatic carbocycles. The number of aromatic nitrogens is 1. The van der Waals surface area contributed by atoms with Crippen LogP contribution in [0.5, 0.6) is 0 Å². The molecule has 2 heterocycles. The topological polar surface area (TPSA) is 28.2 Å². The molecule has 2 aromatic rings. The second-order valence-corrected chi connectivity index (χ2v) is 7.01. The van der Waals surface area contributed by atoms with Gasteiger partial charge in [-0.25, -0.2) is 4.98 Å². The summed E-state index contributed by atoms with van der Waals surface area (Å²) in [5, 5.41) is 4.82. The van der Waals surface area contributed by atoms with E-state index >= 15 is 0 Å². The van der Waals surface area contributed by atoms with Gasteiger partial charge in [0.2, 0.25) is 0 Å². The highest BCUT2D eigenvalue weighted by molar-refractivity contribution is 7.18. The number of nitrogens with one attached hydrogen (secondary N) is 1. The van der Waals surface area contributed by atoms with Gasteiger partial charge in [0.15, 0.2) is 0 Å². The molecular formula is C17H25N3S. The van der Waals surface area contributed by atoms with Crippen LogP contribution in [-0.4, -0.2) is 36.1 Å². The first-order chi connectivity index (χ1) is 10.3. The molecule has 3 rings (SSSR count). The van der Waals surface area contributed by atoms with Crippen LogP contribution in [0.4, 0.5) is 0 Å². The maximum atomic E-state index is 4.73. The van der Waals surface area contributed by atoms with Crippen molar-refractivity contribution in [2.75, 3.05) is 26.2 Å². The molecule has 1 saturated heterocycles. The number of rotatable bonds is 6. The lowest BCUT2D eigenvalue weighted by molar-refractivity contribution is 0.225. The van der Waals surface area contributed by atoms with Gasteiger partial charge in [-0.1, -0.05) is 18.6 Å². The molecule has 1 aliphatic rings. The van der Waals surface area contributed by atoms with Crippen molar-refractivity contribution >= 4 is 21.6 Å². The number of piperidine rings is 1. The van der Waals surface area contributed by atoms with Crippen molar-refractivity contribution in [3.8, 4) is 0 Å². The van der Waals surface area contributed by atoms with Gasteiger partial charge >= 0.3 is 0 Å². The second kappa shape index (κ2) is 7.34. The lowest BCUT2D eigenvalue weighted by atomic mass is 10.1. The maximum Gasteiger partial charge on any atom is 0.111 e. The molecule has 3 nitrogen and oxygen atoms in total. The third kappa shape index (κ3) is 4.02. The monoisotopic (exact) mass is 303 g/mol. The molecule has 0 radical (unpaired) electrons. The highest BCUT2D eigenvalue weighted by Crippen LogP contribution is 2.25. The SMILES string of the molecule is CC(NCCCN1CCCCC1)c1nc2ccccc2s1. The molecule has 1 atom stereocenters. The second-order valence-electron chi connectivity index (χ2n) is 5.95. The lowest BCUT2D eigenvalue weighted by Gasteiger charge is -2.26. The van der Waals surface area contributed by atoms with Crippen molar-refractivity contribution in [2.24, 2.45) is 0 Å². The normalized spacial score (nSPS) is 18.1. The van der Waals surface area contributed by atoms with Crippen LogP contribution in [0.15, 0.2) is 24.3 Å². The molecule has 0 saturated carbocycles. The summed E-state index contributed by atoms with van der Waals surface area (Å²) in [6.45, 7) is 7.13. The Morgan fingerprint density at radius 2 is 2.05 bits per heavy atom. The third-order valence-corrected chi connectivity index (χ3v) is 5.45. The molecule has 114 valence electrons. The van der Waals surface area contributed by atoms with E-state index in [1.165, 1.54) is 55.0 Å². The Labute approximate surface area is 131 Å². The van der Waals surface area contributed by atoms with Crippen molar-refractivity contribution < 1.29 is 0 Å². The molecule has 1 unspecified atom stereocenters. The Kier molecular flexibility index (Phi) is 5.22. The van der Waals surface area contributed by atoms with Crippen LogP contribution in [-0.2, 0) is 0 Å². The fourth-order valence-corrected chi connectivity index (χ4v) is 3.96. The first kappa shape index (κ1) is 14.9. The summed E-state index contributed by atoms with van der Waals surface area (Å²) in [5.41, 5.74) is 1.12. The van der Waals surface area contributed by atoms with E-state index in [9.17, 15) is 0 Å². The molecule has 0 aliphatic carbocycles. The Morgan fingerprint density at radius 3 is 2.86 bits per heavy atom. The number of fused-ring (bicyclic) bond motifs is 1. The first-order valence-electron chi connectivity index (χ1n) is 8.14. The van der Waals surface area contributed by atoms with Gasteiger partial charge in [-0.05, 0) is 64.5 Å². The van der Waals surface area contributed by atoms with Crippen LogP contribution in [0.25, 0.3) is 10.2 Å². The molecule has 21 heavy (non-hydrogen) atoms. The van der Waals surface area contributed by atoms with E-state index in [1.807, 2.05) is 11.3 Å². The van der Waals surface area contributed by atoms with Gasteiger partial charge in [0.05, 0.1) is 16.3 Å². The zero-order valence-electron chi connectivity index (χ0n) is 12.8. The summed E-state index contributed by atoms with van der Waals surface area (Å²) in [4.78, 5) is 7.33. The predicted molar refractivity (Wildman–Crippen MR) is 90.9 cm³/mol. The highest BCUT2D eigenvalue weighted by Gasteiger charge is 2.12. The van der Waals surface area contributed by atoms with Gasteiger partial charge in [0, 0.05) is 0 Å². The molecule has 1 fully saturated rings. The number of hydrogen-bond acceptors (Lipinski definition) is 4. The zero-order valence-corrected chi connectivity index (χ0v) is 13.7. The third-order valence-electron chi connectivity index (χ3n) is 4.23. The van der Waals surface area contributed by atoms with Gasteiger partial charge in [0.1, 0.15) is 5.01 Å². The van der Waals surface area contributed by atoms with E-state index in [1.54, 1.807) is 0 Å². The summed E-state index contributed by atoms with van der Waals surface area (Å²) < 4.78 is 1.29. The summed E-state index contributed by atoms with van der Waals surface area (Å²) in [6, 6.07) is 8.74. The quantitative estimate of drug-likeness (QED) is 0.822. The molecule has 1 aliphatic heterocycles. The fourth-order valence-electron chi connectivity index (χ4n) is 2.97. The standard InChI is InChI=1S/C17H25N3S/c1-14(17-19-15-8-3-4-9-16(15)21-17)18-10-7-13-20-11-5-2-6-12-20/h3-4,8-9,14,18H,2,5-7,10-13H2,1H3. The number of likely N-dealkylation sites (tertiary alicyclic amines) is 1. The van der Waals surface area contributed by atoms with Crippen molar-refractivity contribution in [1.29, 1.82) is 0 Å². The van der Waals surface area contributed by atoms with E-state index < -0.39 is 0 Å². The van der Waals surface area contributed by atoms with Crippen LogP contribution in [0.2, 0.25) is 0 Å². The average Bonchev–Trinajstić information content (AvgIpc) is 2.96. The number of nitrogens with zero attached hydrogens (tertiary/aromatic N) is 2. The largest absolute Gasteiger partial charge is 0.308 e. The fraction of sp³-hybridized carbons (Fsp3) is 0.588. The van der Waals surface area contributed by atoms with Gasteiger partial charge in [-0.15, -0.1) is 11.3 Å². The molecule has 0 spiro atoms. The van der Waals surface area contributed by atoms with Crippen LogP contribution in [0, 0.1) is 0 Å². The zero-order chi connectivity index (χ0) is 14.5. The minimum Gasteiger partial charge on any atom is -0.308 e. The molecule has 1 N–H and O–H groups in total. The first-order valence-corrected chi connectivity index (χ1v) is 8.96. The molecule has 1 aromatic heterocycles. The van der Waals surface area contributed by atoms with Crippen molar-refractivity contribution in [3.05, 3.63) is 29.3 Å². The Hall–Kier alpha value is -0.970. The van der Waals surface area contributed by atoms with Gasteiger partial charge in [0.25, 0.3) is 0 Å². The van der Waals surface area contributed by atoms with Crippen LogP contribution < -0.4 is 5.32 Å². The van der Waals surface area contributed by atoms with E-state index in [0.717, 1.165) is 12.1 Å². The van der Waals surface area contributed by atoms with Crippen LogP contribution in [0.1, 0.15) is 43.7 Å². The predicted octanol–water partition coefficient (Wildman–Crippen LogP) is 3.82. The van der Waals surface area contributed by atoms with Gasteiger partial charge in [-0.3, -0.25) is 0 Å². The van der Waals surface area contributed by atoms with E-state index in [4.69, 9.17) is 4.98 Å². The number of benzene rings is 1. The molecule has 0 amide bonds. The Balaban J connectivity index is 1.44. The van der Waals surface area contributed by atoms with Crippen molar-refractivity contribution in [2.45, 2.75) is 38.6 Å². The molecule has 0 bridgehead atoms. The minimum absolute atomic E-state index is 0.351. The van der Waals surface area contributed by atoms with E-state index in [2.05, 4.69) is 41.4 Å². The van der Waals surface area contributed by atoms with Crippen LogP contribution in [0.3, 0.4) is 0 Å². The highest BCUT2D eigenvalue weighted by atomic mass is 32.1. The minimum atomic E-state index is 0.351. The van der Waals surface area contributed by atoms with E-state index in [-0.39, 0.29) is 0 Å². The van der Waals surface area contributed by atoms with E-state index in [0.29, 0.717) is 6.04 Å². The number of thiazole rings is 1. The maximum absolute atomic E-state index is 4.73. The average molecular weight is 303 g/mol. The van der Waals surface area contributed by atoms with Gasteiger partial charge in [-0.2, -0.15) is 0 Å². The van der Waals surface area contributed by atoms with Crippen molar-refractivity contribution in [1.82, 2.24) is 15.2 Å². The smallest absolute Gasteiger partial charge is 0.111 e. The summed E-state index contributed by atoms with van der Waals surface area (Å²) in [5.74, 6) is 0. The summed E-state index contributed by atoms with van der Waals surface area (Å²) in [6.07, 6.45) is 5.42. The summed E-state index contributed by atoms with van der Waals surface area (Å²) >= 11 is 1.81. The Morgan fingerprint density at radius 1 is 1.24 bits per heavy atom. The summed E-state index contributed by atoms with van der Waals surface area (Å²) in [7, 11) is 0.